The van der Waals surface area contributed by atoms with Crippen molar-refractivity contribution in [2.45, 2.75) is 33.1 Å². The predicted octanol–water partition coefficient (Wildman–Crippen LogP) is 3.94. The van der Waals surface area contributed by atoms with Crippen LogP contribution in [-0.4, -0.2) is 30.2 Å². The molecule has 0 atom stereocenters. The summed E-state index contributed by atoms with van der Waals surface area (Å²) >= 11 is 6.79. The van der Waals surface area contributed by atoms with E-state index in [-0.39, 0.29) is 17.0 Å². The van der Waals surface area contributed by atoms with Gasteiger partial charge in [0.1, 0.15) is 10.8 Å². The number of thiocarbonyl (C=S) groups is 1. The first-order chi connectivity index (χ1) is 13.5. The fourth-order valence-corrected chi connectivity index (χ4v) is 4.66. The van der Waals surface area contributed by atoms with Crippen molar-refractivity contribution in [1.29, 1.82) is 0 Å². The number of aryl methyl sites for hydroxylation is 1. The molecule has 6 nitrogen and oxygen atoms in total. The average Bonchev–Trinajstić information content (AvgIpc) is 3.22. The van der Waals surface area contributed by atoms with Crippen LogP contribution in [-0.2, 0) is 17.6 Å². The van der Waals surface area contributed by atoms with Crippen molar-refractivity contribution in [1.82, 2.24) is 5.32 Å². The van der Waals surface area contributed by atoms with Crippen molar-refractivity contribution in [3.8, 4) is 5.75 Å². The summed E-state index contributed by atoms with van der Waals surface area (Å²) in [6.45, 7) is 4.48. The number of hydrogen-bond donors (Lipinski definition) is 2. The molecule has 1 aromatic carbocycles. The number of ether oxygens (including phenoxy) is 2. The number of anilines is 1. The van der Waals surface area contributed by atoms with Gasteiger partial charge in [-0.25, -0.2) is 4.79 Å². The third kappa shape index (κ3) is 4.51. The van der Waals surface area contributed by atoms with Crippen LogP contribution in [0.25, 0.3) is 0 Å². The van der Waals surface area contributed by atoms with Crippen molar-refractivity contribution in [3.63, 3.8) is 0 Å². The maximum Gasteiger partial charge on any atom is 0.341 e. The molecule has 0 spiro atoms. The van der Waals surface area contributed by atoms with E-state index in [0.717, 1.165) is 24.8 Å². The molecule has 0 radical (unpaired) electrons. The van der Waals surface area contributed by atoms with Gasteiger partial charge in [0.2, 0.25) is 0 Å². The van der Waals surface area contributed by atoms with Gasteiger partial charge in [-0.05, 0) is 69.1 Å². The van der Waals surface area contributed by atoms with Crippen molar-refractivity contribution < 1.29 is 19.1 Å². The number of hydrogen-bond acceptors (Lipinski definition) is 6. The Morgan fingerprint density at radius 1 is 1.21 bits per heavy atom. The Bertz CT molecular complexity index is 908. The predicted molar refractivity (Wildman–Crippen MR) is 114 cm³/mol. The summed E-state index contributed by atoms with van der Waals surface area (Å²) in [5.41, 5.74) is 2.01. The third-order valence-corrected chi connectivity index (χ3v) is 5.67. The number of benzene rings is 1. The number of fused-ring (bicyclic) bond motifs is 1. The van der Waals surface area contributed by atoms with Gasteiger partial charge in [0, 0.05) is 10.4 Å². The van der Waals surface area contributed by atoms with Crippen LogP contribution >= 0.6 is 23.6 Å². The van der Waals surface area contributed by atoms with Crippen molar-refractivity contribution in [2.75, 3.05) is 18.5 Å². The zero-order chi connectivity index (χ0) is 20.1. The van der Waals surface area contributed by atoms with Gasteiger partial charge in [0.15, 0.2) is 5.11 Å². The largest absolute Gasteiger partial charge is 0.494 e. The number of nitrogens with one attached hydrogen (secondary N) is 2. The Labute approximate surface area is 173 Å². The highest BCUT2D eigenvalue weighted by Crippen LogP contribution is 2.39. The maximum absolute atomic E-state index is 12.5. The van der Waals surface area contributed by atoms with E-state index in [0.29, 0.717) is 35.1 Å². The van der Waals surface area contributed by atoms with Crippen LogP contribution in [0, 0.1) is 0 Å². The number of amides is 1. The number of thiophene rings is 1. The monoisotopic (exact) mass is 418 g/mol. The Balaban J connectivity index is 1.72. The van der Waals surface area contributed by atoms with E-state index in [2.05, 4.69) is 10.6 Å². The molecule has 0 bridgehead atoms. The molecule has 148 valence electrons. The smallest absolute Gasteiger partial charge is 0.341 e. The highest BCUT2D eigenvalue weighted by atomic mass is 32.1. The lowest BCUT2D eigenvalue weighted by atomic mass is 10.1. The van der Waals surface area contributed by atoms with Crippen LogP contribution in [0.5, 0.6) is 5.75 Å². The van der Waals surface area contributed by atoms with E-state index >= 15 is 0 Å². The van der Waals surface area contributed by atoms with Gasteiger partial charge in [-0.2, -0.15) is 0 Å². The quantitative estimate of drug-likeness (QED) is 0.547. The highest BCUT2D eigenvalue weighted by Gasteiger charge is 2.28. The van der Waals surface area contributed by atoms with Crippen LogP contribution in [0.15, 0.2) is 24.3 Å². The lowest BCUT2D eigenvalue weighted by Gasteiger charge is -2.11. The molecule has 0 saturated heterocycles. The second-order valence-corrected chi connectivity index (χ2v) is 7.66. The molecule has 1 aliphatic carbocycles. The molecule has 2 N–H and O–H groups in total. The van der Waals surface area contributed by atoms with Crippen LogP contribution in [0.4, 0.5) is 5.00 Å². The molecule has 0 unspecified atom stereocenters. The van der Waals surface area contributed by atoms with E-state index in [1.807, 2.05) is 6.92 Å². The second kappa shape index (κ2) is 9.16. The van der Waals surface area contributed by atoms with Crippen molar-refractivity contribution in [2.24, 2.45) is 0 Å². The van der Waals surface area contributed by atoms with Gasteiger partial charge in [-0.15, -0.1) is 11.3 Å². The molecule has 1 heterocycles. The second-order valence-electron chi connectivity index (χ2n) is 6.15. The molecule has 0 saturated carbocycles. The SMILES string of the molecule is CCOC(=O)c1c(NC(=S)NC(=O)c2cccc(OCC)c2)sc2c1CCC2. The molecule has 8 heteroatoms. The standard InChI is InChI=1S/C20H22N2O4S2/c1-3-25-13-8-5-7-12(11-13)17(23)21-20(27)22-18-16(19(24)26-4-2)14-9-6-10-15(14)28-18/h5,7-8,11H,3-4,6,9-10H2,1-2H3,(H2,21,22,23,27). The van der Waals surface area contributed by atoms with Gasteiger partial charge < -0.3 is 14.8 Å². The summed E-state index contributed by atoms with van der Waals surface area (Å²) in [6.07, 6.45) is 2.83. The van der Waals surface area contributed by atoms with Crippen LogP contribution in [0.3, 0.4) is 0 Å². The minimum absolute atomic E-state index is 0.136. The van der Waals surface area contributed by atoms with E-state index in [1.54, 1.807) is 31.2 Å². The molecule has 0 aliphatic heterocycles. The molecular formula is C20H22N2O4S2. The van der Waals surface area contributed by atoms with Crippen LogP contribution in [0.2, 0.25) is 0 Å². The first kappa shape index (κ1) is 20.3. The van der Waals surface area contributed by atoms with Crippen molar-refractivity contribution >= 4 is 45.5 Å². The van der Waals surface area contributed by atoms with Gasteiger partial charge in [0.25, 0.3) is 5.91 Å². The summed E-state index contributed by atoms with van der Waals surface area (Å²) in [6, 6.07) is 6.88. The lowest BCUT2D eigenvalue weighted by molar-refractivity contribution is 0.0527. The summed E-state index contributed by atoms with van der Waals surface area (Å²) in [4.78, 5) is 26.1. The van der Waals surface area contributed by atoms with Gasteiger partial charge in [0.05, 0.1) is 18.8 Å². The minimum atomic E-state index is -0.358. The number of carbonyl (C=O) groups is 2. The Morgan fingerprint density at radius 2 is 2.04 bits per heavy atom. The van der Waals surface area contributed by atoms with E-state index < -0.39 is 0 Å². The topological polar surface area (TPSA) is 76.7 Å². The average molecular weight is 419 g/mol. The normalized spacial score (nSPS) is 12.2. The molecule has 1 aliphatic rings. The van der Waals surface area contributed by atoms with Gasteiger partial charge in [-0.3, -0.25) is 10.1 Å². The summed E-state index contributed by atoms with van der Waals surface area (Å²) in [5.74, 6) is -0.0860. The minimum Gasteiger partial charge on any atom is -0.494 e. The van der Waals surface area contributed by atoms with E-state index in [4.69, 9.17) is 21.7 Å². The third-order valence-electron chi connectivity index (χ3n) is 4.26. The highest BCUT2D eigenvalue weighted by molar-refractivity contribution is 7.80. The van der Waals surface area contributed by atoms with Gasteiger partial charge >= 0.3 is 5.97 Å². The van der Waals surface area contributed by atoms with Crippen LogP contribution < -0.4 is 15.4 Å². The van der Waals surface area contributed by atoms with E-state index in [9.17, 15) is 9.59 Å². The lowest BCUT2D eigenvalue weighted by Crippen LogP contribution is -2.34. The molecule has 1 aromatic heterocycles. The zero-order valence-corrected chi connectivity index (χ0v) is 17.4. The molecule has 3 rings (SSSR count). The fourth-order valence-electron chi connectivity index (χ4n) is 3.11. The first-order valence-electron chi connectivity index (χ1n) is 9.20. The number of carbonyl (C=O) groups excluding carboxylic acids is 2. The van der Waals surface area contributed by atoms with E-state index in [1.165, 1.54) is 16.2 Å². The Kier molecular flexibility index (Phi) is 6.64. The first-order valence-corrected chi connectivity index (χ1v) is 10.4. The number of esters is 1. The summed E-state index contributed by atoms with van der Waals surface area (Å²) in [7, 11) is 0. The number of rotatable bonds is 6. The fraction of sp³-hybridized carbons (Fsp3) is 0.350. The summed E-state index contributed by atoms with van der Waals surface area (Å²) in [5, 5.41) is 6.42. The summed E-state index contributed by atoms with van der Waals surface area (Å²) < 4.78 is 10.6. The maximum atomic E-state index is 12.5. The Hall–Kier alpha value is -2.45. The van der Waals surface area contributed by atoms with Crippen LogP contribution in [0.1, 0.15) is 51.4 Å². The van der Waals surface area contributed by atoms with Gasteiger partial charge in [-0.1, -0.05) is 6.07 Å². The molecule has 2 aromatic rings. The molecule has 1 amide bonds. The molecule has 0 fully saturated rings. The Morgan fingerprint density at radius 3 is 2.79 bits per heavy atom. The zero-order valence-electron chi connectivity index (χ0n) is 15.8. The van der Waals surface area contributed by atoms with Crippen molar-refractivity contribution in [3.05, 3.63) is 45.8 Å². The molecular weight excluding hydrogens is 396 g/mol. The molecule has 28 heavy (non-hydrogen) atoms.